The number of unbranched alkanes of at least 4 members (excludes halogenated alkanes) is 28. The number of phosphoric acid groups is 1. The third-order valence-electron chi connectivity index (χ3n) is 16.5. The minimum Gasteiger partial charge on any atom is -0.462 e. The van der Waals surface area contributed by atoms with Crippen molar-refractivity contribution in [2.45, 2.75) is 328 Å². The van der Waals surface area contributed by atoms with Crippen molar-refractivity contribution < 1.29 is 37.6 Å². The number of carbonyl (C=O) groups is 2. The van der Waals surface area contributed by atoms with E-state index in [-0.39, 0.29) is 38.6 Å². The highest BCUT2D eigenvalue weighted by Crippen LogP contribution is 2.43. The summed E-state index contributed by atoms with van der Waals surface area (Å²) in [6.07, 6.45) is 124. The zero-order valence-electron chi connectivity index (χ0n) is 63.2. The van der Waals surface area contributed by atoms with Crippen molar-refractivity contribution in [2.75, 3.05) is 26.4 Å². The van der Waals surface area contributed by atoms with Crippen LogP contribution in [0.15, 0.2) is 194 Å². The molecule has 0 aliphatic rings. The van der Waals surface area contributed by atoms with Crippen LogP contribution in [-0.4, -0.2) is 49.3 Å². The summed E-state index contributed by atoms with van der Waals surface area (Å²) in [7, 11) is -4.41. The summed E-state index contributed by atoms with van der Waals surface area (Å²) in [4.78, 5) is 35.5. The summed E-state index contributed by atoms with van der Waals surface area (Å²) in [5.74, 6) is -0.830. The largest absolute Gasteiger partial charge is 0.472 e. The molecule has 0 radical (unpaired) electrons. The Hall–Kier alpha value is -5.15. The van der Waals surface area contributed by atoms with Crippen LogP contribution < -0.4 is 5.73 Å². The maximum Gasteiger partial charge on any atom is 0.472 e. The Bertz CT molecular complexity index is 2340. The van der Waals surface area contributed by atoms with E-state index in [0.717, 1.165) is 141 Å². The first-order valence-electron chi connectivity index (χ1n) is 39.9. The van der Waals surface area contributed by atoms with Crippen molar-refractivity contribution in [3.05, 3.63) is 194 Å². The number of hydrogen-bond donors (Lipinski definition) is 2. The van der Waals surface area contributed by atoms with Gasteiger partial charge in [0.15, 0.2) is 6.10 Å². The second kappa shape index (κ2) is 81.8. The number of phosphoric ester groups is 1. The zero-order chi connectivity index (χ0) is 71.5. The molecular formula is C89H146NO8P. The van der Waals surface area contributed by atoms with Crippen molar-refractivity contribution in [3.63, 3.8) is 0 Å². The van der Waals surface area contributed by atoms with Crippen LogP contribution in [0.5, 0.6) is 0 Å². The first-order valence-corrected chi connectivity index (χ1v) is 41.4. The fourth-order valence-electron chi connectivity index (χ4n) is 10.7. The van der Waals surface area contributed by atoms with Gasteiger partial charge in [-0.25, -0.2) is 4.57 Å². The summed E-state index contributed by atoms with van der Waals surface area (Å²) in [5, 5.41) is 0. The fourth-order valence-corrected chi connectivity index (χ4v) is 11.4. The fraction of sp³-hybridized carbons (Fsp3) is 0.618. The summed E-state index contributed by atoms with van der Waals surface area (Å²) < 4.78 is 33.3. The summed E-state index contributed by atoms with van der Waals surface area (Å²) in [5.41, 5.74) is 5.42. The normalized spacial score (nSPS) is 13.9. The molecule has 9 nitrogen and oxygen atoms in total. The van der Waals surface area contributed by atoms with E-state index >= 15 is 0 Å². The number of rotatable bonds is 73. The van der Waals surface area contributed by atoms with Crippen LogP contribution in [0.1, 0.15) is 322 Å². The molecule has 10 heteroatoms. The van der Waals surface area contributed by atoms with Crippen LogP contribution in [0.3, 0.4) is 0 Å². The Kier molecular flexibility index (Phi) is 77.6. The van der Waals surface area contributed by atoms with E-state index in [1.165, 1.54) is 148 Å². The summed E-state index contributed by atoms with van der Waals surface area (Å²) in [6.45, 7) is 3.52. The van der Waals surface area contributed by atoms with Crippen LogP contribution >= 0.6 is 7.82 Å². The van der Waals surface area contributed by atoms with Gasteiger partial charge in [0.1, 0.15) is 6.61 Å². The monoisotopic (exact) mass is 1390 g/mol. The maximum absolute atomic E-state index is 12.8. The molecule has 0 fully saturated rings. The van der Waals surface area contributed by atoms with Gasteiger partial charge >= 0.3 is 19.8 Å². The summed E-state index contributed by atoms with van der Waals surface area (Å²) >= 11 is 0. The van der Waals surface area contributed by atoms with Gasteiger partial charge in [-0.2, -0.15) is 0 Å². The first-order chi connectivity index (χ1) is 48.8. The lowest BCUT2D eigenvalue weighted by molar-refractivity contribution is -0.161. The number of allylic oxidation sites excluding steroid dienone is 32. The number of nitrogens with two attached hydrogens (primary N) is 1. The highest BCUT2D eigenvalue weighted by Gasteiger charge is 2.26. The molecule has 560 valence electrons. The molecule has 0 heterocycles. The van der Waals surface area contributed by atoms with Gasteiger partial charge in [-0.15, -0.1) is 0 Å². The molecule has 2 unspecified atom stereocenters. The molecule has 99 heavy (non-hydrogen) atoms. The van der Waals surface area contributed by atoms with E-state index < -0.39 is 26.5 Å². The minimum absolute atomic E-state index is 0.0463. The predicted octanol–water partition coefficient (Wildman–Crippen LogP) is 27.2. The van der Waals surface area contributed by atoms with Gasteiger partial charge < -0.3 is 20.1 Å². The number of carbonyl (C=O) groups excluding carboxylic acids is 2. The van der Waals surface area contributed by atoms with Crippen molar-refractivity contribution in [1.82, 2.24) is 0 Å². The molecule has 0 aliphatic carbocycles. The SMILES string of the molecule is CC/C=C\C/C=C\C/C=C\C/C=C\C/C=C\C/C=C\C/C=C\C/C=C\C/C=C\CCCCCCCCCCCCCCCC(=O)OC(COC(=O)CCCCCCCCCCCCCCCCC/C=C\C/C=C\C/C=C\C/C=C\C/C=C\C/C=C\C/C=C\CC)COP(=O)(O)OCCN. The maximum atomic E-state index is 12.8. The zero-order valence-corrected chi connectivity index (χ0v) is 64.0. The van der Waals surface area contributed by atoms with Crippen LogP contribution in [0.25, 0.3) is 0 Å². The Balaban J connectivity index is 3.89. The quantitative estimate of drug-likeness (QED) is 0.0264. The third kappa shape index (κ3) is 81.7. The van der Waals surface area contributed by atoms with E-state index in [1.54, 1.807) is 0 Å². The summed E-state index contributed by atoms with van der Waals surface area (Å²) in [6, 6.07) is 0. The second-order valence-electron chi connectivity index (χ2n) is 25.8. The topological polar surface area (TPSA) is 134 Å². The van der Waals surface area contributed by atoms with Crippen LogP contribution in [0, 0.1) is 0 Å². The van der Waals surface area contributed by atoms with Gasteiger partial charge in [0.05, 0.1) is 13.2 Å². The van der Waals surface area contributed by atoms with Gasteiger partial charge in [0.2, 0.25) is 0 Å². The van der Waals surface area contributed by atoms with E-state index in [9.17, 15) is 19.0 Å². The molecule has 0 rings (SSSR count). The molecule has 0 saturated heterocycles. The average molecular weight is 1390 g/mol. The second-order valence-corrected chi connectivity index (χ2v) is 27.3. The Labute approximate surface area is 608 Å². The lowest BCUT2D eigenvalue weighted by Gasteiger charge is -2.19. The Morgan fingerprint density at radius 3 is 0.778 bits per heavy atom. The third-order valence-corrected chi connectivity index (χ3v) is 17.5. The molecule has 0 aromatic rings. The first kappa shape index (κ1) is 93.8. The van der Waals surface area contributed by atoms with Crippen molar-refractivity contribution in [3.8, 4) is 0 Å². The highest BCUT2D eigenvalue weighted by molar-refractivity contribution is 7.47. The molecule has 2 atom stereocenters. The van der Waals surface area contributed by atoms with Gasteiger partial charge in [0, 0.05) is 19.4 Å². The molecule has 0 aromatic carbocycles. The lowest BCUT2D eigenvalue weighted by Crippen LogP contribution is -2.29. The average Bonchev–Trinajstić information content (AvgIpc) is 1.19. The minimum atomic E-state index is -4.41. The van der Waals surface area contributed by atoms with Crippen LogP contribution in [-0.2, 0) is 32.7 Å². The van der Waals surface area contributed by atoms with Crippen molar-refractivity contribution in [1.29, 1.82) is 0 Å². The van der Waals surface area contributed by atoms with Crippen molar-refractivity contribution in [2.24, 2.45) is 5.73 Å². The smallest absolute Gasteiger partial charge is 0.462 e. The molecule has 0 aromatic heterocycles. The highest BCUT2D eigenvalue weighted by atomic mass is 31.2. The molecule has 0 bridgehead atoms. The van der Waals surface area contributed by atoms with E-state index in [0.29, 0.717) is 6.42 Å². The van der Waals surface area contributed by atoms with Gasteiger partial charge in [-0.1, -0.05) is 362 Å². The number of ether oxygens (including phenoxy) is 2. The van der Waals surface area contributed by atoms with Crippen molar-refractivity contribution >= 4 is 19.8 Å². The van der Waals surface area contributed by atoms with Gasteiger partial charge in [-0.05, 0) is 141 Å². The molecule has 0 amide bonds. The molecular weight excluding hydrogens is 1240 g/mol. The van der Waals surface area contributed by atoms with Crippen LogP contribution in [0.4, 0.5) is 0 Å². The molecule has 0 aliphatic heterocycles. The van der Waals surface area contributed by atoms with Crippen LogP contribution in [0.2, 0.25) is 0 Å². The Morgan fingerprint density at radius 2 is 0.525 bits per heavy atom. The van der Waals surface area contributed by atoms with Gasteiger partial charge in [0.25, 0.3) is 0 Å². The molecule has 3 N–H and O–H groups in total. The van der Waals surface area contributed by atoms with E-state index in [4.69, 9.17) is 24.3 Å². The molecule has 0 spiro atoms. The number of hydrogen-bond acceptors (Lipinski definition) is 8. The Morgan fingerprint density at radius 1 is 0.303 bits per heavy atom. The number of esters is 2. The standard InChI is InChI=1S/C89H146NO8P/c1-3-5-7-9-11-13-15-17-19-21-23-25-27-29-31-33-35-37-39-41-42-43-44-46-48-50-52-54-56-58-60-62-64-66-68-70-72-74-76-78-80-82-89(92)98-87(86-97-99(93,94)96-84-83-90)85-95-88(91)81-79-77-75-73-71-69-67-65-63-61-59-57-55-53-51-49-47-45-40-38-36-34-32-30-28-26-24-22-20-18-16-14-12-10-8-6-4-2/h5-8,11-14,17-20,23-26,29-32,35-38,41-42,44-47,50,52,87H,3-4,9-10,15-16,21-22,27-28,33-34,39-40,43,48-49,51,53-86,90H2,1-2H3,(H,93,94)/b7-5-,8-6-,13-11-,14-12-,19-17-,20-18-,25-23-,26-24-,31-29-,32-30-,37-35-,38-36-,42-41-,46-44-,47-45-,52-50-. The molecule has 0 saturated carbocycles. The van der Waals surface area contributed by atoms with E-state index in [2.05, 4.69) is 208 Å². The predicted molar refractivity (Wildman–Crippen MR) is 431 cm³/mol. The lowest BCUT2D eigenvalue weighted by atomic mass is 10.0. The van der Waals surface area contributed by atoms with E-state index in [1.807, 2.05) is 0 Å². The van der Waals surface area contributed by atoms with Gasteiger partial charge in [-0.3, -0.25) is 18.6 Å².